The number of hydrogen-bond donors (Lipinski definition) is 2. The molecule has 0 spiro atoms. The Kier molecular flexibility index (Phi) is 2.86. The van der Waals surface area contributed by atoms with Gasteiger partial charge in [-0.25, -0.2) is 0 Å². The second-order valence-corrected chi connectivity index (χ2v) is 4.29. The molecule has 1 aliphatic heterocycles. The van der Waals surface area contributed by atoms with Crippen molar-refractivity contribution in [1.82, 2.24) is 4.90 Å². The molecule has 1 aliphatic carbocycles. The Morgan fingerprint density at radius 1 is 1.23 bits per heavy atom. The van der Waals surface area contributed by atoms with Crippen LogP contribution < -0.4 is 0 Å². The minimum absolute atomic E-state index is 0.222. The van der Waals surface area contributed by atoms with E-state index in [0.29, 0.717) is 12.1 Å². The standard InChI is InChI=1S/C10H19NO2/c12-5-4-11-9(7-13)6-8-2-1-3-10(8)11/h8-10,12-13H,1-7H2/t8-,9-,10-/m1/s1. The topological polar surface area (TPSA) is 43.7 Å². The van der Waals surface area contributed by atoms with Gasteiger partial charge in [-0.05, 0) is 25.2 Å². The highest BCUT2D eigenvalue weighted by Crippen LogP contribution is 2.40. The van der Waals surface area contributed by atoms with Gasteiger partial charge >= 0.3 is 0 Å². The van der Waals surface area contributed by atoms with Crippen molar-refractivity contribution in [2.75, 3.05) is 19.8 Å². The number of aliphatic hydroxyl groups is 2. The molecule has 13 heavy (non-hydrogen) atoms. The number of nitrogens with zero attached hydrogens (tertiary/aromatic N) is 1. The van der Waals surface area contributed by atoms with Crippen LogP contribution in [0.1, 0.15) is 25.7 Å². The molecule has 3 heteroatoms. The van der Waals surface area contributed by atoms with Crippen LogP contribution in [0.25, 0.3) is 0 Å². The van der Waals surface area contributed by atoms with Crippen LogP contribution in [0, 0.1) is 5.92 Å². The van der Waals surface area contributed by atoms with Crippen LogP contribution in [0.2, 0.25) is 0 Å². The summed E-state index contributed by atoms with van der Waals surface area (Å²) in [7, 11) is 0. The summed E-state index contributed by atoms with van der Waals surface area (Å²) < 4.78 is 0. The molecule has 0 aromatic heterocycles. The van der Waals surface area contributed by atoms with Crippen molar-refractivity contribution in [3.05, 3.63) is 0 Å². The van der Waals surface area contributed by atoms with Crippen LogP contribution >= 0.6 is 0 Å². The van der Waals surface area contributed by atoms with Crippen LogP contribution in [0.15, 0.2) is 0 Å². The smallest absolute Gasteiger partial charge is 0.0587 e. The molecule has 2 aliphatic rings. The second kappa shape index (κ2) is 3.95. The molecule has 0 unspecified atom stereocenters. The minimum Gasteiger partial charge on any atom is -0.395 e. The third kappa shape index (κ3) is 1.60. The average Bonchev–Trinajstić information content (AvgIpc) is 2.67. The molecule has 3 atom stereocenters. The Hall–Kier alpha value is -0.120. The average molecular weight is 185 g/mol. The zero-order valence-corrected chi connectivity index (χ0v) is 8.02. The molecular weight excluding hydrogens is 166 g/mol. The summed E-state index contributed by atoms with van der Waals surface area (Å²) >= 11 is 0. The van der Waals surface area contributed by atoms with Crippen LogP contribution in [0.5, 0.6) is 0 Å². The predicted molar refractivity (Wildman–Crippen MR) is 50.4 cm³/mol. The van der Waals surface area contributed by atoms with Gasteiger partial charge in [0, 0.05) is 18.6 Å². The van der Waals surface area contributed by atoms with Gasteiger partial charge in [0.25, 0.3) is 0 Å². The normalized spacial score (nSPS) is 39.7. The van der Waals surface area contributed by atoms with Crippen molar-refractivity contribution < 1.29 is 10.2 Å². The molecule has 1 heterocycles. The van der Waals surface area contributed by atoms with Gasteiger partial charge in [-0.15, -0.1) is 0 Å². The van der Waals surface area contributed by atoms with E-state index in [1.165, 1.54) is 19.3 Å². The molecule has 2 N–H and O–H groups in total. The highest BCUT2D eigenvalue weighted by atomic mass is 16.3. The Labute approximate surface area is 79.4 Å². The van der Waals surface area contributed by atoms with Crippen molar-refractivity contribution in [2.45, 2.75) is 37.8 Å². The molecule has 2 rings (SSSR count). The van der Waals surface area contributed by atoms with Crippen LogP contribution in [0.4, 0.5) is 0 Å². The second-order valence-electron chi connectivity index (χ2n) is 4.29. The molecule has 2 fully saturated rings. The maximum Gasteiger partial charge on any atom is 0.0587 e. The molecule has 0 bridgehead atoms. The van der Waals surface area contributed by atoms with Gasteiger partial charge < -0.3 is 10.2 Å². The molecule has 76 valence electrons. The lowest BCUT2D eigenvalue weighted by Crippen LogP contribution is -2.39. The van der Waals surface area contributed by atoms with E-state index in [9.17, 15) is 5.11 Å². The quantitative estimate of drug-likeness (QED) is 0.661. The first kappa shape index (κ1) is 9.44. The van der Waals surface area contributed by atoms with E-state index in [2.05, 4.69) is 4.90 Å². The Balaban J connectivity index is 2.01. The molecule has 0 aromatic carbocycles. The first-order valence-corrected chi connectivity index (χ1v) is 5.34. The van der Waals surface area contributed by atoms with Crippen LogP contribution in [-0.4, -0.2) is 47.0 Å². The number of rotatable bonds is 3. The summed E-state index contributed by atoms with van der Waals surface area (Å²) in [5.41, 5.74) is 0. The first-order valence-electron chi connectivity index (χ1n) is 5.34. The maximum absolute atomic E-state index is 9.19. The van der Waals surface area contributed by atoms with Gasteiger partial charge in [-0.2, -0.15) is 0 Å². The summed E-state index contributed by atoms with van der Waals surface area (Å²) in [4.78, 5) is 2.32. The van der Waals surface area contributed by atoms with Crippen LogP contribution in [0.3, 0.4) is 0 Å². The number of hydrogen-bond acceptors (Lipinski definition) is 3. The number of fused-ring (bicyclic) bond motifs is 1. The van der Waals surface area contributed by atoms with E-state index in [-0.39, 0.29) is 13.2 Å². The van der Waals surface area contributed by atoms with Crippen molar-refractivity contribution >= 4 is 0 Å². The third-order valence-corrected chi connectivity index (χ3v) is 3.66. The van der Waals surface area contributed by atoms with E-state index in [4.69, 9.17) is 5.11 Å². The summed E-state index contributed by atoms with van der Waals surface area (Å²) in [6.45, 7) is 1.22. The van der Waals surface area contributed by atoms with Gasteiger partial charge in [-0.3, -0.25) is 4.90 Å². The largest absolute Gasteiger partial charge is 0.395 e. The molecule has 3 nitrogen and oxygen atoms in total. The Morgan fingerprint density at radius 2 is 2.08 bits per heavy atom. The van der Waals surface area contributed by atoms with E-state index < -0.39 is 0 Å². The summed E-state index contributed by atoms with van der Waals surface area (Å²) in [6.07, 6.45) is 5.06. The van der Waals surface area contributed by atoms with Gasteiger partial charge in [0.2, 0.25) is 0 Å². The molecule has 1 saturated carbocycles. The fourth-order valence-electron chi connectivity index (χ4n) is 3.13. The SMILES string of the molecule is OCCN1[C@@H](CO)C[C@H]2CCC[C@H]21. The Morgan fingerprint density at radius 3 is 2.77 bits per heavy atom. The minimum atomic E-state index is 0.222. The lowest BCUT2D eigenvalue weighted by atomic mass is 10.0. The number of β-amino-alcohol motifs (C(OH)–C–C–N with tert-alkyl or cyclic N) is 1. The summed E-state index contributed by atoms with van der Waals surface area (Å²) in [6, 6.07) is 0.978. The highest BCUT2D eigenvalue weighted by Gasteiger charge is 2.42. The monoisotopic (exact) mass is 185 g/mol. The van der Waals surface area contributed by atoms with Gasteiger partial charge in [-0.1, -0.05) is 6.42 Å². The van der Waals surface area contributed by atoms with E-state index in [1.54, 1.807) is 0 Å². The molecule has 1 saturated heterocycles. The fourth-order valence-corrected chi connectivity index (χ4v) is 3.13. The first-order chi connectivity index (χ1) is 6.36. The van der Waals surface area contributed by atoms with Crippen molar-refractivity contribution in [1.29, 1.82) is 0 Å². The lowest BCUT2D eigenvalue weighted by molar-refractivity contribution is 0.103. The molecule has 0 amide bonds. The van der Waals surface area contributed by atoms with Crippen LogP contribution in [-0.2, 0) is 0 Å². The lowest BCUT2D eigenvalue weighted by Gasteiger charge is -2.27. The molecule has 0 aromatic rings. The fraction of sp³-hybridized carbons (Fsp3) is 1.00. The van der Waals surface area contributed by atoms with E-state index >= 15 is 0 Å². The van der Waals surface area contributed by atoms with Gasteiger partial charge in [0.15, 0.2) is 0 Å². The predicted octanol–water partition coefficient (Wildman–Crippen LogP) is 0.214. The highest BCUT2D eigenvalue weighted by molar-refractivity contribution is 4.96. The third-order valence-electron chi connectivity index (χ3n) is 3.66. The van der Waals surface area contributed by atoms with Gasteiger partial charge in [0.05, 0.1) is 13.2 Å². The zero-order valence-electron chi connectivity index (χ0n) is 8.02. The van der Waals surface area contributed by atoms with Crippen molar-refractivity contribution in [2.24, 2.45) is 5.92 Å². The van der Waals surface area contributed by atoms with Crippen molar-refractivity contribution in [3.8, 4) is 0 Å². The zero-order chi connectivity index (χ0) is 9.26. The summed E-state index contributed by atoms with van der Waals surface area (Å²) in [5, 5.41) is 18.1. The van der Waals surface area contributed by atoms with Gasteiger partial charge in [0.1, 0.15) is 0 Å². The molecule has 0 radical (unpaired) electrons. The van der Waals surface area contributed by atoms with Crippen molar-refractivity contribution in [3.63, 3.8) is 0 Å². The Bertz CT molecular complexity index is 174. The van der Waals surface area contributed by atoms with E-state index in [0.717, 1.165) is 18.9 Å². The summed E-state index contributed by atoms with van der Waals surface area (Å²) in [5.74, 6) is 0.795. The maximum atomic E-state index is 9.19. The molecular formula is C10H19NO2. The van der Waals surface area contributed by atoms with E-state index in [1.807, 2.05) is 0 Å². The number of aliphatic hydroxyl groups excluding tert-OH is 2. The number of likely N-dealkylation sites (tertiary alicyclic amines) is 1.